The van der Waals surface area contributed by atoms with Gasteiger partial charge in [0.1, 0.15) is 12.4 Å². The summed E-state index contributed by atoms with van der Waals surface area (Å²) in [7, 11) is 5.41. The van der Waals surface area contributed by atoms with Crippen molar-refractivity contribution in [3.63, 3.8) is 0 Å². The molecule has 22 heavy (non-hydrogen) atoms. The summed E-state index contributed by atoms with van der Waals surface area (Å²) in [6.45, 7) is 3.91. The number of para-hydroxylation sites is 1. The van der Waals surface area contributed by atoms with Gasteiger partial charge in [-0.05, 0) is 12.1 Å². The van der Waals surface area contributed by atoms with Crippen molar-refractivity contribution in [2.75, 3.05) is 60.7 Å². The number of nitrogens with zero attached hydrogens (tertiary/aromatic N) is 2. The Morgan fingerprint density at radius 3 is 2.59 bits per heavy atom. The first-order valence-corrected chi connectivity index (χ1v) is 7.44. The summed E-state index contributed by atoms with van der Waals surface area (Å²) in [5.74, 6) is 1.71. The molecule has 0 saturated heterocycles. The zero-order valence-corrected chi connectivity index (χ0v) is 13.7. The number of nitrogens with one attached hydrogen (secondary N) is 1. The quantitative estimate of drug-likeness (QED) is 0.400. The summed E-state index contributed by atoms with van der Waals surface area (Å²) >= 11 is 0. The molecule has 0 bridgehead atoms. The van der Waals surface area contributed by atoms with Crippen LogP contribution < -0.4 is 10.1 Å². The fourth-order valence-electron chi connectivity index (χ4n) is 1.79. The summed E-state index contributed by atoms with van der Waals surface area (Å²) in [6.07, 6.45) is 0. The van der Waals surface area contributed by atoms with Crippen LogP contribution in [0.4, 0.5) is 0 Å². The monoisotopic (exact) mass is 309 g/mol. The second kappa shape index (κ2) is 11.8. The third-order valence-electron chi connectivity index (χ3n) is 2.97. The molecule has 0 atom stereocenters. The van der Waals surface area contributed by atoms with Gasteiger partial charge in [-0.15, -0.1) is 0 Å². The van der Waals surface area contributed by atoms with Crippen molar-refractivity contribution in [2.45, 2.75) is 0 Å². The van der Waals surface area contributed by atoms with Gasteiger partial charge in [-0.1, -0.05) is 18.2 Å². The van der Waals surface area contributed by atoms with Gasteiger partial charge >= 0.3 is 0 Å². The summed E-state index contributed by atoms with van der Waals surface area (Å²) in [5.41, 5.74) is 0. The average molecular weight is 309 g/mol. The highest BCUT2D eigenvalue weighted by molar-refractivity contribution is 5.79. The van der Waals surface area contributed by atoms with Gasteiger partial charge in [0.25, 0.3) is 0 Å². The van der Waals surface area contributed by atoms with Crippen molar-refractivity contribution in [1.82, 2.24) is 10.2 Å². The predicted molar refractivity (Wildman–Crippen MR) is 88.6 cm³/mol. The first-order chi connectivity index (χ1) is 10.8. The molecular formula is C16H27N3O3. The maximum Gasteiger partial charge on any atom is 0.193 e. The van der Waals surface area contributed by atoms with E-state index in [4.69, 9.17) is 14.2 Å². The van der Waals surface area contributed by atoms with Gasteiger partial charge < -0.3 is 24.4 Å². The molecule has 124 valence electrons. The minimum atomic E-state index is 0.603. The number of hydrogen-bond acceptors (Lipinski definition) is 4. The Balaban J connectivity index is 2.16. The van der Waals surface area contributed by atoms with E-state index in [9.17, 15) is 0 Å². The lowest BCUT2D eigenvalue weighted by atomic mass is 10.3. The Hall–Kier alpha value is -1.79. The van der Waals surface area contributed by atoms with Crippen molar-refractivity contribution >= 4 is 5.96 Å². The molecule has 0 radical (unpaired) electrons. The summed E-state index contributed by atoms with van der Waals surface area (Å²) in [5, 5.41) is 3.25. The highest BCUT2D eigenvalue weighted by Gasteiger charge is 2.05. The van der Waals surface area contributed by atoms with Crippen LogP contribution in [-0.2, 0) is 9.47 Å². The normalized spacial score (nSPS) is 11.3. The van der Waals surface area contributed by atoms with E-state index in [1.807, 2.05) is 42.3 Å². The molecule has 0 heterocycles. The number of hydrogen-bond donors (Lipinski definition) is 1. The lowest BCUT2D eigenvalue weighted by Crippen LogP contribution is -2.42. The highest BCUT2D eigenvalue weighted by Crippen LogP contribution is 2.07. The summed E-state index contributed by atoms with van der Waals surface area (Å²) in [4.78, 5) is 6.27. The first-order valence-electron chi connectivity index (χ1n) is 7.44. The smallest absolute Gasteiger partial charge is 0.193 e. The van der Waals surface area contributed by atoms with Crippen LogP contribution in [0, 0.1) is 0 Å². The second-order valence-corrected chi connectivity index (χ2v) is 4.66. The number of rotatable bonds is 10. The Morgan fingerprint density at radius 1 is 1.14 bits per heavy atom. The number of aliphatic imine (C=N–C) groups is 1. The molecule has 0 saturated carbocycles. The van der Waals surface area contributed by atoms with Gasteiger partial charge in [0.2, 0.25) is 0 Å². The van der Waals surface area contributed by atoms with Gasteiger partial charge in [0.05, 0.1) is 26.4 Å². The molecule has 6 nitrogen and oxygen atoms in total. The highest BCUT2D eigenvalue weighted by atomic mass is 16.5. The zero-order valence-electron chi connectivity index (χ0n) is 13.7. The van der Waals surface area contributed by atoms with Crippen LogP contribution in [0.3, 0.4) is 0 Å². The van der Waals surface area contributed by atoms with E-state index < -0.39 is 0 Å². The Morgan fingerprint density at radius 2 is 1.91 bits per heavy atom. The number of guanidine groups is 1. The minimum absolute atomic E-state index is 0.603. The molecule has 0 aromatic heterocycles. The molecule has 1 aromatic carbocycles. The fourth-order valence-corrected chi connectivity index (χ4v) is 1.79. The van der Waals surface area contributed by atoms with Crippen molar-refractivity contribution < 1.29 is 14.2 Å². The van der Waals surface area contributed by atoms with Crippen molar-refractivity contribution in [3.05, 3.63) is 30.3 Å². The first kappa shape index (κ1) is 18.3. The van der Waals surface area contributed by atoms with Crippen LogP contribution >= 0.6 is 0 Å². The molecule has 1 N–H and O–H groups in total. The third-order valence-corrected chi connectivity index (χ3v) is 2.97. The molecule has 0 aliphatic heterocycles. The number of methoxy groups -OCH3 is 1. The fraction of sp³-hybridized carbons (Fsp3) is 0.562. The van der Waals surface area contributed by atoms with Crippen molar-refractivity contribution in [3.8, 4) is 5.75 Å². The van der Waals surface area contributed by atoms with E-state index in [2.05, 4.69) is 10.3 Å². The van der Waals surface area contributed by atoms with Gasteiger partial charge in [-0.2, -0.15) is 0 Å². The summed E-state index contributed by atoms with van der Waals surface area (Å²) < 4.78 is 16.0. The van der Waals surface area contributed by atoms with Crippen LogP contribution in [0.1, 0.15) is 0 Å². The maximum absolute atomic E-state index is 5.68. The van der Waals surface area contributed by atoms with E-state index in [0.29, 0.717) is 33.0 Å². The lowest BCUT2D eigenvalue weighted by molar-refractivity contribution is 0.0731. The van der Waals surface area contributed by atoms with E-state index in [1.54, 1.807) is 14.2 Å². The number of ether oxygens (including phenoxy) is 3. The minimum Gasteiger partial charge on any atom is -0.492 e. The SMILES string of the molecule is CN=C(NCCOCCOC)N(C)CCOc1ccccc1. The van der Waals surface area contributed by atoms with Crippen LogP contribution in [0.15, 0.2) is 35.3 Å². The van der Waals surface area contributed by atoms with Gasteiger partial charge in [-0.3, -0.25) is 4.99 Å². The van der Waals surface area contributed by atoms with Crippen molar-refractivity contribution in [1.29, 1.82) is 0 Å². The van der Waals surface area contributed by atoms with Gasteiger partial charge in [0.15, 0.2) is 5.96 Å². The molecule has 0 amide bonds. The van der Waals surface area contributed by atoms with Gasteiger partial charge in [0, 0.05) is 27.7 Å². The molecule has 6 heteroatoms. The average Bonchev–Trinajstić information content (AvgIpc) is 2.55. The molecule has 0 aliphatic carbocycles. The Labute approximate surface area is 133 Å². The molecular weight excluding hydrogens is 282 g/mol. The zero-order chi connectivity index (χ0) is 16.0. The molecule has 0 unspecified atom stereocenters. The molecule has 0 aliphatic rings. The number of likely N-dealkylation sites (N-methyl/N-ethyl adjacent to an activating group) is 1. The van der Waals surface area contributed by atoms with Crippen LogP contribution in [0.5, 0.6) is 5.75 Å². The van der Waals surface area contributed by atoms with E-state index in [0.717, 1.165) is 18.3 Å². The molecule has 1 rings (SSSR count). The maximum atomic E-state index is 5.68. The molecule has 0 fully saturated rings. The topological polar surface area (TPSA) is 55.3 Å². The van der Waals surface area contributed by atoms with Crippen LogP contribution in [0.25, 0.3) is 0 Å². The van der Waals surface area contributed by atoms with E-state index in [1.165, 1.54) is 0 Å². The second-order valence-electron chi connectivity index (χ2n) is 4.66. The Bertz CT molecular complexity index is 412. The standard InChI is InChI=1S/C16H27N3O3/c1-17-16(18-9-11-21-14-13-20-3)19(2)10-12-22-15-7-5-4-6-8-15/h4-8H,9-14H2,1-3H3,(H,17,18). The molecule has 1 aromatic rings. The van der Waals surface area contributed by atoms with Gasteiger partial charge in [-0.25, -0.2) is 0 Å². The van der Waals surface area contributed by atoms with Crippen LogP contribution in [0.2, 0.25) is 0 Å². The largest absolute Gasteiger partial charge is 0.492 e. The third kappa shape index (κ3) is 7.85. The lowest BCUT2D eigenvalue weighted by Gasteiger charge is -2.22. The predicted octanol–water partition coefficient (Wildman–Crippen LogP) is 1.24. The Kier molecular flexibility index (Phi) is 9.81. The summed E-state index contributed by atoms with van der Waals surface area (Å²) in [6, 6.07) is 9.79. The van der Waals surface area contributed by atoms with Crippen molar-refractivity contribution in [2.24, 2.45) is 4.99 Å². The number of benzene rings is 1. The molecule has 0 spiro atoms. The van der Waals surface area contributed by atoms with E-state index in [-0.39, 0.29) is 0 Å². The van der Waals surface area contributed by atoms with Crippen LogP contribution in [-0.4, -0.2) is 71.6 Å². The van der Waals surface area contributed by atoms with E-state index >= 15 is 0 Å².